The lowest BCUT2D eigenvalue weighted by Crippen LogP contribution is -2.56. The molecular formula is C24H43N6O8+. The summed E-state index contributed by atoms with van der Waals surface area (Å²) in [7, 11) is 0. The summed E-state index contributed by atoms with van der Waals surface area (Å²) >= 11 is 0. The van der Waals surface area contributed by atoms with Crippen LogP contribution in [0.2, 0.25) is 0 Å². The van der Waals surface area contributed by atoms with Gasteiger partial charge in [-0.25, -0.2) is 4.79 Å². The van der Waals surface area contributed by atoms with Crippen LogP contribution in [0.3, 0.4) is 0 Å². The van der Waals surface area contributed by atoms with E-state index in [1.807, 2.05) is 0 Å². The third-order valence-corrected chi connectivity index (χ3v) is 6.76. The number of carbonyl (C=O) groups is 2. The van der Waals surface area contributed by atoms with Gasteiger partial charge in [-0.2, -0.15) is 0 Å². The zero-order chi connectivity index (χ0) is 28.6. The Morgan fingerprint density at radius 1 is 0.974 bits per heavy atom. The molecule has 216 valence electrons. The number of aliphatic hydroxyl groups excluding tert-OH is 6. The first-order chi connectivity index (χ1) is 18.0. The fourth-order valence-corrected chi connectivity index (χ4v) is 4.45. The van der Waals surface area contributed by atoms with Crippen molar-refractivity contribution in [2.75, 3.05) is 31.1 Å². The minimum Gasteiger partial charge on any atom is -0.394 e. The highest BCUT2D eigenvalue weighted by Gasteiger charge is 2.43. The van der Waals surface area contributed by atoms with Crippen LogP contribution in [-0.4, -0.2) is 99.1 Å². The van der Waals surface area contributed by atoms with Gasteiger partial charge in [0.2, 0.25) is 12.1 Å². The molecule has 1 aliphatic rings. The van der Waals surface area contributed by atoms with Gasteiger partial charge < -0.3 is 58.5 Å². The number of rotatable bonds is 14. The monoisotopic (exact) mass is 543 g/mol. The van der Waals surface area contributed by atoms with Gasteiger partial charge in [0.15, 0.2) is 6.20 Å². The van der Waals surface area contributed by atoms with Gasteiger partial charge in [0, 0.05) is 5.56 Å². The highest BCUT2D eigenvalue weighted by molar-refractivity contribution is 5.98. The molecule has 38 heavy (non-hydrogen) atoms. The van der Waals surface area contributed by atoms with E-state index in [0.29, 0.717) is 51.6 Å². The fourth-order valence-electron chi connectivity index (χ4n) is 4.45. The minimum absolute atomic E-state index is 0.0215. The second-order valence-corrected chi connectivity index (χ2v) is 9.69. The van der Waals surface area contributed by atoms with Crippen LogP contribution >= 0.6 is 0 Å². The quantitative estimate of drug-likeness (QED) is 0.0795. The number of unbranched alkanes of at least 4 members (excludes halogenated alkanes) is 2. The Kier molecular flexibility index (Phi) is 12.6. The molecule has 1 aromatic heterocycles. The van der Waals surface area contributed by atoms with Crippen LogP contribution in [0.25, 0.3) is 0 Å². The summed E-state index contributed by atoms with van der Waals surface area (Å²) in [6.07, 6.45) is -3.27. The Hall–Kier alpha value is -2.11. The number of fused-ring (bicyclic) bond motifs is 1. The fraction of sp³-hybridized carbons (Fsp3) is 0.708. The van der Waals surface area contributed by atoms with E-state index in [0.717, 1.165) is 15.7 Å². The molecule has 1 amide bonds. The first-order valence-electron chi connectivity index (χ1n) is 12.9. The summed E-state index contributed by atoms with van der Waals surface area (Å²) in [6, 6.07) is -1.95. The summed E-state index contributed by atoms with van der Waals surface area (Å²) in [5.74, 6) is -1.20. The molecule has 7 atom stereocenters. The second kappa shape index (κ2) is 14.9. The zero-order valence-electron chi connectivity index (χ0n) is 21.5. The van der Waals surface area contributed by atoms with E-state index in [9.17, 15) is 40.2 Å². The van der Waals surface area contributed by atoms with Gasteiger partial charge in [-0.1, -0.05) is 6.42 Å². The van der Waals surface area contributed by atoms with Crippen LogP contribution in [0.5, 0.6) is 0 Å². The molecule has 0 spiro atoms. The van der Waals surface area contributed by atoms with Crippen molar-refractivity contribution in [1.82, 2.24) is 0 Å². The maximum Gasteiger partial charge on any atom is 0.409 e. The van der Waals surface area contributed by atoms with Crippen LogP contribution in [-0.2, 0) is 4.79 Å². The summed E-state index contributed by atoms with van der Waals surface area (Å²) in [5.41, 5.74) is 22.8. The lowest BCUT2D eigenvalue weighted by molar-refractivity contribution is -0.575. The second-order valence-electron chi connectivity index (χ2n) is 9.69. The summed E-state index contributed by atoms with van der Waals surface area (Å²) in [5, 5.41) is 62.0. The Balaban J connectivity index is 2.63. The van der Waals surface area contributed by atoms with Crippen LogP contribution in [0.1, 0.15) is 66.7 Å². The smallest absolute Gasteiger partial charge is 0.394 e. The SMILES string of the molecule is NCCCC[C@H](N)C(=O)N1CC(O)C(O)c2c(C(O)C(O)C(O)CO)c[n+](C(=O)[C@@H](N)CCCCN)cc21. The van der Waals surface area contributed by atoms with Crippen molar-refractivity contribution in [2.45, 2.75) is 81.1 Å². The minimum atomic E-state index is -1.93. The van der Waals surface area contributed by atoms with Crippen molar-refractivity contribution in [1.29, 1.82) is 0 Å². The van der Waals surface area contributed by atoms with Gasteiger partial charge in [-0.05, 0) is 45.2 Å². The van der Waals surface area contributed by atoms with Gasteiger partial charge in [-0.15, -0.1) is 4.57 Å². The molecule has 14 N–H and O–H groups in total. The Bertz CT molecular complexity index is 937. The summed E-state index contributed by atoms with van der Waals surface area (Å²) in [6.45, 7) is -0.381. The molecule has 1 aliphatic heterocycles. The van der Waals surface area contributed by atoms with Crippen LogP contribution in [0.4, 0.5) is 5.69 Å². The number of carbonyl (C=O) groups excluding carboxylic acids is 2. The van der Waals surface area contributed by atoms with Crippen molar-refractivity contribution in [2.24, 2.45) is 22.9 Å². The van der Waals surface area contributed by atoms with E-state index in [2.05, 4.69) is 0 Å². The lowest BCUT2D eigenvalue weighted by atomic mass is 9.88. The summed E-state index contributed by atoms with van der Waals surface area (Å²) < 4.78 is 1.03. The van der Waals surface area contributed by atoms with Gasteiger partial charge in [0.25, 0.3) is 0 Å². The van der Waals surface area contributed by atoms with Crippen LogP contribution < -0.4 is 32.4 Å². The standard InChI is InChI=1S/C24H43N6O8/c25-7-3-1-5-14(27)23(37)29-9-13(20(34)22(36)18(33)12-31)19-16(10-29)30(11-17(32)21(19)35)24(38)15(28)6-2-4-8-26/h9-10,14-15,17-18,20-22,31-36H,1-8,11-12,25-28H2/q+1/t14-,15-,17?,18?,20?,21?,22?/m0/s1. The molecule has 2 rings (SSSR count). The maximum absolute atomic E-state index is 13.3. The molecule has 0 fully saturated rings. The molecule has 0 saturated heterocycles. The Morgan fingerprint density at radius 2 is 1.55 bits per heavy atom. The Labute approximate surface area is 221 Å². The predicted molar refractivity (Wildman–Crippen MR) is 136 cm³/mol. The molecular weight excluding hydrogens is 500 g/mol. The number of aromatic nitrogens is 1. The van der Waals surface area contributed by atoms with Crippen molar-refractivity contribution >= 4 is 17.5 Å². The van der Waals surface area contributed by atoms with Crippen molar-refractivity contribution in [3.05, 3.63) is 23.5 Å². The highest BCUT2D eigenvalue weighted by atomic mass is 16.4. The first-order valence-corrected chi connectivity index (χ1v) is 12.9. The molecule has 0 saturated carbocycles. The largest absolute Gasteiger partial charge is 0.409 e. The Morgan fingerprint density at radius 3 is 2.11 bits per heavy atom. The highest BCUT2D eigenvalue weighted by Crippen LogP contribution is 2.39. The van der Waals surface area contributed by atoms with Gasteiger partial charge in [0.1, 0.15) is 42.2 Å². The van der Waals surface area contributed by atoms with E-state index in [4.69, 9.17) is 22.9 Å². The number of nitrogens with zero attached hydrogens (tertiary/aromatic N) is 2. The van der Waals surface area contributed by atoms with Gasteiger partial charge in [-0.3, -0.25) is 4.79 Å². The number of nitrogens with two attached hydrogens (primary N) is 4. The number of hydrogen-bond acceptors (Lipinski definition) is 12. The first kappa shape index (κ1) is 32.1. The molecule has 0 aromatic carbocycles. The number of amides is 1. The van der Waals surface area contributed by atoms with Crippen molar-refractivity contribution < 1.29 is 44.8 Å². The summed E-state index contributed by atoms with van der Waals surface area (Å²) in [4.78, 5) is 27.7. The third-order valence-electron chi connectivity index (χ3n) is 6.76. The maximum atomic E-state index is 13.3. The average molecular weight is 544 g/mol. The van der Waals surface area contributed by atoms with Crippen LogP contribution in [0, 0.1) is 0 Å². The number of β-amino-alcohol motifs (C(OH)–C–C–N with tert-alkyl or cyclic N) is 1. The number of hydrogen-bond donors (Lipinski definition) is 10. The zero-order valence-corrected chi connectivity index (χ0v) is 21.5. The average Bonchev–Trinajstić information content (AvgIpc) is 2.92. The van der Waals surface area contributed by atoms with Gasteiger partial charge >= 0.3 is 5.91 Å². The van der Waals surface area contributed by atoms with Crippen LogP contribution in [0.15, 0.2) is 12.4 Å². The van der Waals surface area contributed by atoms with E-state index < -0.39 is 61.0 Å². The molecule has 14 heteroatoms. The topological polar surface area (TPSA) is 267 Å². The molecule has 5 unspecified atom stereocenters. The number of anilines is 1. The van der Waals surface area contributed by atoms with E-state index in [1.165, 1.54) is 6.20 Å². The predicted octanol–water partition coefficient (Wildman–Crippen LogP) is -3.98. The van der Waals surface area contributed by atoms with Gasteiger partial charge in [0.05, 0.1) is 24.8 Å². The molecule has 2 heterocycles. The number of pyridine rings is 1. The molecule has 1 aromatic rings. The normalized spacial score (nSPS) is 21.4. The van der Waals surface area contributed by atoms with E-state index in [1.54, 1.807) is 0 Å². The van der Waals surface area contributed by atoms with Crippen molar-refractivity contribution in [3.8, 4) is 0 Å². The van der Waals surface area contributed by atoms with E-state index >= 15 is 0 Å². The number of aliphatic hydroxyl groups is 6. The molecule has 0 aliphatic carbocycles. The van der Waals surface area contributed by atoms with Crippen molar-refractivity contribution in [3.63, 3.8) is 0 Å². The molecule has 0 radical (unpaired) electrons. The molecule has 14 nitrogen and oxygen atoms in total. The lowest BCUT2D eigenvalue weighted by Gasteiger charge is -2.37. The third kappa shape index (κ3) is 7.51. The molecule has 0 bridgehead atoms. The van der Waals surface area contributed by atoms with E-state index in [-0.39, 0.29) is 23.4 Å².